The van der Waals surface area contributed by atoms with Crippen LogP contribution in [0.3, 0.4) is 0 Å². The third-order valence-electron chi connectivity index (χ3n) is 2.55. The van der Waals surface area contributed by atoms with Crippen molar-refractivity contribution in [3.63, 3.8) is 0 Å². The zero-order chi connectivity index (χ0) is 13.1. The first-order valence-electron chi connectivity index (χ1n) is 5.38. The molecule has 1 aliphatic heterocycles. The van der Waals surface area contributed by atoms with Gasteiger partial charge in [-0.05, 0) is 18.2 Å². The molecule has 2 amide bonds. The predicted octanol–water partition coefficient (Wildman–Crippen LogP) is 1.34. The Labute approximate surface area is 109 Å². The number of hydrogen-bond acceptors (Lipinski definition) is 3. The Morgan fingerprint density at radius 3 is 2.56 bits per heavy atom. The summed E-state index contributed by atoms with van der Waals surface area (Å²) >= 11 is 6.00. The molecule has 0 bridgehead atoms. The summed E-state index contributed by atoms with van der Waals surface area (Å²) in [6.07, 6.45) is 0.420. The Bertz CT molecular complexity index is 555. The highest BCUT2D eigenvalue weighted by Crippen LogP contribution is 2.30. The van der Waals surface area contributed by atoms with Crippen LogP contribution < -0.4 is 4.90 Å². The number of halogens is 1. The summed E-state index contributed by atoms with van der Waals surface area (Å²) < 4.78 is 0. The molecule has 0 saturated carbocycles. The first-order valence-corrected chi connectivity index (χ1v) is 5.76. The zero-order valence-electron chi connectivity index (χ0n) is 9.44. The summed E-state index contributed by atoms with van der Waals surface area (Å²) in [5, 5.41) is 8.96. The molecule has 5 heteroatoms. The van der Waals surface area contributed by atoms with Gasteiger partial charge in [-0.1, -0.05) is 23.4 Å². The quantitative estimate of drug-likeness (QED) is 0.614. The minimum atomic E-state index is -0.255. The largest absolute Gasteiger partial charge is 0.384 e. The smallest absolute Gasteiger partial charge is 0.234 e. The predicted molar refractivity (Wildman–Crippen MR) is 67.1 cm³/mol. The van der Waals surface area contributed by atoms with Crippen LogP contribution in [0.4, 0.5) is 5.69 Å². The minimum absolute atomic E-state index is 0.210. The number of aliphatic hydroxyl groups is 1. The second-order valence-corrected chi connectivity index (χ2v) is 4.16. The summed E-state index contributed by atoms with van der Waals surface area (Å²) in [7, 11) is 0. The van der Waals surface area contributed by atoms with Crippen LogP contribution >= 0.6 is 11.6 Å². The molecule has 0 aromatic heterocycles. The van der Waals surface area contributed by atoms with Crippen LogP contribution in [-0.2, 0) is 9.59 Å². The zero-order valence-corrected chi connectivity index (χ0v) is 10.2. The molecule has 1 fully saturated rings. The van der Waals surface area contributed by atoms with E-state index in [1.54, 1.807) is 18.2 Å². The van der Waals surface area contributed by atoms with E-state index < -0.39 is 0 Å². The van der Waals surface area contributed by atoms with E-state index in [0.717, 1.165) is 4.90 Å². The van der Waals surface area contributed by atoms with Crippen molar-refractivity contribution < 1.29 is 14.7 Å². The Balaban J connectivity index is 2.43. The number of hydrogen-bond donors (Lipinski definition) is 1. The highest BCUT2D eigenvalue weighted by Gasteiger charge is 2.31. The van der Waals surface area contributed by atoms with Crippen molar-refractivity contribution >= 4 is 29.1 Å². The minimum Gasteiger partial charge on any atom is -0.384 e. The number of carbonyl (C=O) groups excluding carboxylic acids is 2. The Hall–Kier alpha value is -1.83. The van der Waals surface area contributed by atoms with Crippen molar-refractivity contribution in [2.75, 3.05) is 11.5 Å². The van der Waals surface area contributed by atoms with Gasteiger partial charge in [0.25, 0.3) is 0 Å². The maximum absolute atomic E-state index is 11.6. The molecule has 0 aliphatic carbocycles. The number of imide groups is 1. The van der Waals surface area contributed by atoms with Crippen LogP contribution in [0.1, 0.15) is 18.4 Å². The van der Waals surface area contributed by atoms with Crippen molar-refractivity contribution in [2.24, 2.45) is 0 Å². The fourth-order valence-electron chi connectivity index (χ4n) is 1.75. The Morgan fingerprint density at radius 2 is 1.94 bits per heavy atom. The average molecular weight is 264 g/mol. The van der Waals surface area contributed by atoms with Crippen molar-refractivity contribution in [1.29, 1.82) is 0 Å². The lowest BCUT2D eigenvalue weighted by Crippen LogP contribution is -2.28. The molecule has 1 aliphatic rings. The Kier molecular flexibility index (Phi) is 3.66. The second kappa shape index (κ2) is 5.21. The molecule has 0 unspecified atom stereocenters. The lowest BCUT2D eigenvalue weighted by Gasteiger charge is -2.15. The summed E-state index contributed by atoms with van der Waals surface area (Å²) in [4.78, 5) is 24.4. The molecule has 1 saturated heterocycles. The third kappa shape index (κ3) is 2.37. The molecule has 1 N–H and O–H groups in total. The van der Waals surface area contributed by atoms with Gasteiger partial charge in [0.1, 0.15) is 6.61 Å². The third-order valence-corrected chi connectivity index (χ3v) is 2.87. The Morgan fingerprint density at radius 1 is 1.28 bits per heavy atom. The first-order chi connectivity index (χ1) is 8.63. The van der Waals surface area contributed by atoms with E-state index >= 15 is 0 Å². The molecule has 18 heavy (non-hydrogen) atoms. The highest BCUT2D eigenvalue weighted by atomic mass is 35.5. The van der Waals surface area contributed by atoms with E-state index in [-0.39, 0.29) is 31.3 Å². The molecule has 0 radical (unpaired) electrons. The maximum Gasteiger partial charge on any atom is 0.234 e. The second-order valence-electron chi connectivity index (χ2n) is 3.75. The van der Waals surface area contributed by atoms with Gasteiger partial charge in [-0.15, -0.1) is 0 Å². The topological polar surface area (TPSA) is 57.6 Å². The molecule has 0 atom stereocenters. The molecule has 1 aromatic rings. The molecular formula is C13H10ClNO3. The fourth-order valence-corrected chi connectivity index (χ4v) is 1.95. The normalized spacial score (nSPS) is 14.7. The van der Waals surface area contributed by atoms with Crippen LogP contribution in [0.15, 0.2) is 18.2 Å². The van der Waals surface area contributed by atoms with E-state index in [9.17, 15) is 9.59 Å². The summed E-state index contributed by atoms with van der Waals surface area (Å²) in [5.41, 5.74) is 0.949. The van der Waals surface area contributed by atoms with Crippen molar-refractivity contribution in [3.8, 4) is 11.8 Å². The molecule has 92 valence electrons. The van der Waals surface area contributed by atoms with E-state index in [2.05, 4.69) is 11.8 Å². The van der Waals surface area contributed by atoms with Gasteiger partial charge in [-0.25, -0.2) is 4.90 Å². The molecule has 0 spiro atoms. The monoisotopic (exact) mass is 263 g/mol. The van der Waals surface area contributed by atoms with E-state index in [1.165, 1.54) is 0 Å². The lowest BCUT2D eigenvalue weighted by atomic mass is 10.2. The van der Waals surface area contributed by atoms with Gasteiger partial charge < -0.3 is 5.11 Å². The number of aliphatic hydroxyl groups excluding tert-OH is 1. The van der Waals surface area contributed by atoms with Gasteiger partial charge >= 0.3 is 0 Å². The molecular weight excluding hydrogens is 254 g/mol. The summed E-state index contributed by atoms with van der Waals surface area (Å²) in [6.45, 7) is -0.250. The number of rotatable bonds is 1. The summed E-state index contributed by atoms with van der Waals surface area (Å²) in [6, 6.07) is 4.82. The molecule has 2 rings (SSSR count). The van der Waals surface area contributed by atoms with Gasteiger partial charge in [0, 0.05) is 18.4 Å². The van der Waals surface area contributed by atoms with Crippen LogP contribution in [0.5, 0.6) is 0 Å². The van der Waals surface area contributed by atoms with Gasteiger partial charge in [0.05, 0.1) is 10.7 Å². The van der Waals surface area contributed by atoms with E-state index in [1.807, 2.05) is 0 Å². The maximum atomic E-state index is 11.6. The van der Waals surface area contributed by atoms with Gasteiger partial charge in [-0.2, -0.15) is 0 Å². The average Bonchev–Trinajstić information content (AvgIpc) is 2.68. The van der Waals surface area contributed by atoms with Crippen molar-refractivity contribution in [2.45, 2.75) is 12.8 Å². The van der Waals surface area contributed by atoms with E-state index in [4.69, 9.17) is 16.7 Å². The van der Waals surface area contributed by atoms with Gasteiger partial charge in [-0.3, -0.25) is 9.59 Å². The highest BCUT2D eigenvalue weighted by molar-refractivity contribution is 6.35. The number of nitrogens with zero attached hydrogens (tertiary/aromatic N) is 1. The van der Waals surface area contributed by atoms with Crippen LogP contribution in [0.2, 0.25) is 5.02 Å². The number of carbonyl (C=O) groups is 2. The van der Waals surface area contributed by atoms with Gasteiger partial charge in [0.15, 0.2) is 0 Å². The molecule has 4 nitrogen and oxygen atoms in total. The number of amides is 2. The fraction of sp³-hybridized carbons (Fsp3) is 0.231. The van der Waals surface area contributed by atoms with Crippen LogP contribution in [-0.4, -0.2) is 23.5 Å². The van der Waals surface area contributed by atoms with Crippen molar-refractivity contribution in [1.82, 2.24) is 0 Å². The standard InChI is InChI=1S/C13H10ClNO3/c14-10-4-3-9(2-1-7-16)8-11(10)15-12(17)5-6-13(15)18/h3-4,8,16H,5-7H2. The SMILES string of the molecule is O=C1CCC(=O)N1c1cc(C#CCO)ccc1Cl. The molecule has 1 aromatic carbocycles. The van der Waals surface area contributed by atoms with Crippen LogP contribution in [0.25, 0.3) is 0 Å². The number of anilines is 1. The van der Waals surface area contributed by atoms with Crippen LogP contribution in [0, 0.1) is 11.8 Å². The summed E-state index contributed by atoms with van der Waals surface area (Å²) in [5.74, 6) is 4.69. The first kappa shape index (κ1) is 12.6. The van der Waals surface area contributed by atoms with E-state index in [0.29, 0.717) is 16.3 Å². The van der Waals surface area contributed by atoms with Gasteiger partial charge in [0.2, 0.25) is 11.8 Å². The number of benzene rings is 1. The molecule has 1 heterocycles. The lowest BCUT2D eigenvalue weighted by molar-refractivity contribution is -0.121. The van der Waals surface area contributed by atoms with Crippen molar-refractivity contribution in [3.05, 3.63) is 28.8 Å².